The molecule has 101 valence electrons. The number of nitrogens with one attached hydrogen (secondary N) is 2. The molecule has 2 amide bonds. The van der Waals surface area contributed by atoms with Crippen molar-refractivity contribution in [3.05, 3.63) is 35.9 Å². The van der Waals surface area contributed by atoms with Gasteiger partial charge in [0.1, 0.15) is 12.6 Å². The van der Waals surface area contributed by atoms with Gasteiger partial charge in [-0.15, -0.1) is 0 Å². The maximum atomic E-state index is 11.8. The Morgan fingerprint density at radius 3 is 2.63 bits per heavy atom. The number of hydrogen-bond acceptors (Lipinski definition) is 3. The van der Waals surface area contributed by atoms with Crippen LogP contribution in [0.2, 0.25) is 0 Å². The third kappa shape index (κ3) is 5.67. The van der Waals surface area contributed by atoms with Gasteiger partial charge in [0.25, 0.3) is 0 Å². The molecule has 6 nitrogen and oxygen atoms in total. The van der Waals surface area contributed by atoms with Crippen LogP contribution in [0.3, 0.4) is 0 Å². The lowest BCUT2D eigenvalue weighted by Crippen LogP contribution is -2.48. The number of carboxylic acids is 1. The van der Waals surface area contributed by atoms with Crippen LogP contribution in [0.25, 0.3) is 0 Å². The van der Waals surface area contributed by atoms with E-state index in [0.717, 1.165) is 5.56 Å². The maximum Gasteiger partial charge on any atom is 0.322 e. The number of hydrogen-bond donors (Lipinski definition) is 3. The van der Waals surface area contributed by atoms with Crippen molar-refractivity contribution in [2.24, 2.45) is 0 Å². The Morgan fingerprint density at radius 1 is 1.37 bits per heavy atom. The first-order chi connectivity index (χ1) is 8.99. The summed E-state index contributed by atoms with van der Waals surface area (Å²) in [7, 11) is 0. The summed E-state index contributed by atoms with van der Waals surface area (Å²) in [4.78, 5) is 33.3. The van der Waals surface area contributed by atoms with Gasteiger partial charge in [0.15, 0.2) is 0 Å². The maximum absolute atomic E-state index is 11.8. The van der Waals surface area contributed by atoms with Crippen LogP contribution in [-0.2, 0) is 20.8 Å². The van der Waals surface area contributed by atoms with Gasteiger partial charge in [-0.2, -0.15) is 0 Å². The molecule has 1 unspecified atom stereocenters. The fraction of sp³-hybridized carbons (Fsp3) is 0.308. The molecule has 0 aliphatic carbocycles. The summed E-state index contributed by atoms with van der Waals surface area (Å²) in [6.45, 7) is 0.819. The minimum atomic E-state index is -1.14. The van der Waals surface area contributed by atoms with Crippen LogP contribution in [0.1, 0.15) is 12.5 Å². The number of carbonyl (C=O) groups excluding carboxylic acids is 2. The monoisotopic (exact) mass is 263 g/mol. The van der Waals surface area contributed by atoms with E-state index in [1.165, 1.54) is 6.92 Å². The lowest BCUT2D eigenvalue weighted by Gasteiger charge is -2.16. The Balaban J connectivity index is 2.68. The minimum Gasteiger partial charge on any atom is -0.480 e. The normalized spacial score (nSPS) is 11.4. The molecular weight excluding hydrogens is 248 g/mol. The zero-order valence-corrected chi connectivity index (χ0v) is 10.5. The van der Waals surface area contributed by atoms with Crippen LogP contribution in [-0.4, -0.2) is 35.5 Å². The predicted octanol–water partition coefficient (Wildman–Crippen LogP) is -0.265. The summed E-state index contributed by atoms with van der Waals surface area (Å²) < 4.78 is 0. The molecule has 0 bridgehead atoms. The Hall–Kier alpha value is -2.37. The Labute approximate surface area is 110 Å². The molecule has 19 heavy (non-hydrogen) atoms. The molecule has 0 aliphatic rings. The number of carboxylic acid groups (broad SMARTS) is 1. The Bertz CT molecular complexity index is 459. The summed E-state index contributed by atoms with van der Waals surface area (Å²) in [6, 6.07) is 9.21. The van der Waals surface area contributed by atoms with Gasteiger partial charge in [0.05, 0.1) is 0 Å². The third-order valence-corrected chi connectivity index (χ3v) is 2.31. The van der Waals surface area contributed by atoms with E-state index in [2.05, 4.69) is 16.7 Å². The van der Waals surface area contributed by atoms with Gasteiger partial charge in [-0.1, -0.05) is 24.3 Å². The van der Waals surface area contributed by atoms with Gasteiger partial charge in [-0.25, -0.2) is 0 Å². The van der Waals surface area contributed by atoms with Crippen LogP contribution in [0, 0.1) is 6.07 Å². The average Bonchev–Trinajstić information content (AvgIpc) is 2.36. The first kappa shape index (κ1) is 14.7. The molecule has 1 atom stereocenters. The van der Waals surface area contributed by atoms with E-state index in [1.54, 1.807) is 24.3 Å². The van der Waals surface area contributed by atoms with Gasteiger partial charge < -0.3 is 15.7 Å². The zero-order chi connectivity index (χ0) is 14.3. The molecule has 0 heterocycles. The van der Waals surface area contributed by atoms with Crippen LogP contribution in [0.4, 0.5) is 0 Å². The molecule has 1 aromatic rings. The van der Waals surface area contributed by atoms with Crippen molar-refractivity contribution in [1.82, 2.24) is 10.6 Å². The summed E-state index contributed by atoms with van der Waals surface area (Å²) in [5.74, 6) is -2.03. The number of rotatable bonds is 6. The minimum absolute atomic E-state index is 0.256. The van der Waals surface area contributed by atoms with Gasteiger partial charge in [-0.3, -0.25) is 14.4 Å². The molecule has 1 rings (SSSR count). The number of aliphatic carboxylic acids is 1. The van der Waals surface area contributed by atoms with E-state index >= 15 is 0 Å². The number of benzene rings is 1. The SMILES string of the molecule is CC(=O)NC(Cc1[c]cccc1)C(=O)NCC(=O)O. The second-order valence-electron chi connectivity index (χ2n) is 3.96. The molecule has 6 heteroatoms. The van der Waals surface area contributed by atoms with E-state index < -0.39 is 24.5 Å². The molecule has 1 radical (unpaired) electrons. The second-order valence-corrected chi connectivity index (χ2v) is 3.96. The van der Waals surface area contributed by atoms with Crippen molar-refractivity contribution in [3.63, 3.8) is 0 Å². The van der Waals surface area contributed by atoms with Crippen molar-refractivity contribution >= 4 is 17.8 Å². The molecular formula is C13H15N2O4. The predicted molar refractivity (Wildman–Crippen MR) is 67.2 cm³/mol. The lowest BCUT2D eigenvalue weighted by molar-refractivity contribution is -0.138. The van der Waals surface area contributed by atoms with E-state index in [0.29, 0.717) is 0 Å². The molecule has 0 saturated carbocycles. The van der Waals surface area contributed by atoms with Crippen molar-refractivity contribution in [2.75, 3.05) is 6.54 Å². The fourth-order valence-electron chi connectivity index (χ4n) is 1.52. The average molecular weight is 263 g/mol. The summed E-state index contributed by atoms with van der Waals surface area (Å²) >= 11 is 0. The van der Waals surface area contributed by atoms with Crippen molar-refractivity contribution in [1.29, 1.82) is 0 Å². The zero-order valence-electron chi connectivity index (χ0n) is 10.5. The standard InChI is InChI=1S/C13H15N2O4/c1-9(16)15-11(13(19)14-8-12(17)18)7-10-5-3-2-4-6-10/h2-5,11H,7-8H2,1H3,(H,14,19)(H,15,16)(H,17,18). The van der Waals surface area contributed by atoms with Crippen molar-refractivity contribution in [3.8, 4) is 0 Å². The molecule has 0 aliphatic heterocycles. The van der Waals surface area contributed by atoms with Crippen LogP contribution in [0.15, 0.2) is 24.3 Å². The second kappa shape index (κ2) is 7.15. The molecule has 0 spiro atoms. The van der Waals surface area contributed by atoms with Crippen LogP contribution in [0.5, 0.6) is 0 Å². The fourth-order valence-corrected chi connectivity index (χ4v) is 1.52. The summed E-state index contributed by atoms with van der Waals surface area (Å²) in [5.41, 5.74) is 0.756. The van der Waals surface area contributed by atoms with Crippen LogP contribution < -0.4 is 10.6 Å². The van der Waals surface area contributed by atoms with E-state index in [9.17, 15) is 14.4 Å². The Morgan fingerprint density at radius 2 is 2.11 bits per heavy atom. The summed E-state index contributed by atoms with van der Waals surface area (Å²) in [5, 5.41) is 13.2. The smallest absolute Gasteiger partial charge is 0.322 e. The Kier molecular flexibility index (Phi) is 5.53. The highest BCUT2D eigenvalue weighted by Gasteiger charge is 2.20. The first-order valence-corrected chi connectivity index (χ1v) is 5.71. The van der Waals surface area contributed by atoms with E-state index in [-0.39, 0.29) is 12.3 Å². The highest BCUT2D eigenvalue weighted by atomic mass is 16.4. The highest BCUT2D eigenvalue weighted by molar-refractivity contribution is 5.89. The third-order valence-electron chi connectivity index (χ3n) is 2.31. The van der Waals surface area contributed by atoms with Gasteiger partial charge in [-0.05, 0) is 11.6 Å². The van der Waals surface area contributed by atoms with E-state index in [4.69, 9.17) is 5.11 Å². The topological polar surface area (TPSA) is 95.5 Å². The molecule has 0 fully saturated rings. The van der Waals surface area contributed by atoms with Gasteiger partial charge in [0.2, 0.25) is 11.8 Å². The summed E-state index contributed by atoms with van der Waals surface area (Å²) in [6.07, 6.45) is 0.256. The first-order valence-electron chi connectivity index (χ1n) is 5.71. The van der Waals surface area contributed by atoms with Gasteiger partial charge in [0, 0.05) is 13.3 Å². The van der Waals surface area contributed by atoms with E-state index in [1.807, 2.05) is 0 Å². The molecule has 3 N–H and O–H groups in total. The molecule has 0 saturated heterocycles. The number of amides is 2. The molecule has 0 aromatic heterocycles. The van der Waals surface area contributed by atoms with Crippen LogP contribution >= 0.6 is 0 Å². The van der Waals surface area contributed by atoms with Gasteiger partial charge >= 0.3 is 5.97 Å². The lowest BCUT2D eigenvalue weighted by atomic mass is 10.1. The van der Waals surface area contributed by atoms with Crippen molar-refractivity contribution in [2.45, 2.75) is 19.4 Å². The molecule has 1 aromatic carbocycles. The quantitative estimate of drug-likeness (QED) is 0.658. The van der Waals surface area contributed by atoms with Crippen molar-refractivity contribution < 1.29 is 19.5 Å². The largest absolute Gasteiger partial charge is 0.480 e. The highest BCUT2D eigenvalue weighted by Crippen LogP contribution is 2.02. The number of carbonyl (C=O) groups is 3.